The second-order valence-electron chi connectivity index (χ2n) is 6.64. The summed E-state index contributed by atoms with van der Waals surface area (Å²) in [5, 5.41) is 0.958. The van der Waals surface area contributed by atoms with Gasteiger partial charge in [-0.25, -0.2) is 14.2 Å². The summed E-state index contributed by atoms with van der Waals surface area (Å²) in [5.74, 6) is 0. The number of hydrogen-bond acceptors (Lipinski definition) is 4. The third kappa shape index (κ3) is 4.66. The molecule has 0 atom stereocenters. The Kier molecular flexibility index (Phi) is 4.56. The van der Waals surface area contributed by atoms with Gasteiger partial charge in [0.05, 0.1) is 5.01 Å². The first-order chi connectivity index (χ1) is 9.67. The highest BCUT2D eigenvalue weighted by atomic mass is 32.1. The molecule has 1 saturated heterocycles. The van der Waals surface area contributed by atoms with E-state index in [1.807, 2.05) is 27.7 Å². The number of carbonyl (C=O) groups excluding carboxylic acids is 1. The number of alkyl halides is 1. The average molecular weight is 314 g/mol. The lowest BCUT2D eigenvalue weighted by molar-refractivity contribution is 0.00353. The number of aromatic nitrogens is 1. The molecule has 0 spiro atoms. The van der Waals surface area contributed by atoms with E-state index >= 15 is 0 Å². The summed E-state index contributed by atoms with van der Waals surface area (Å²) in [4.78, 5) is 18.7. The largest absolute Gasteiger partial charge is 0.444 e. The van der Waals surface area contributed by atoms with Gasteiger partial charge in [-0.1, -0.05) is 0 Å². The van der Waals surface area contributed by atoms with Gasteiger partial charge in [-0.15, -0.1) is 11.3 Å². The lowest BCUT2D eigenvalue weighted by Gasteiger charge is -2.36. The van der Waals surface area contributed by atoms with Crippen LogP contribution in [0.4, 0.5) is 9.18 Å². The maximum absolute atomic E-state index is 14.8. The summed E-state index contributed by atoms with van der Waals surface area (Å²) < 4.78 is 20.2. The fourth-order valence-electron chi connectivity index (χ4n) is 2.39. The summed E-state index contributed by atoms with van der Waals surface area (Å²) >= 11 is 1.54. The molecule has 0 unspecified atom stereocenters. The molecule has 0 saturated carbocycles. The van der Waals surface area contributed by atoms with Gasteiger partial charge in [0.25, 0.3) is 0 Å². The number of nitrogens with zero attached hydrogens (tertiary/aromatic N) is 2. The van der Waals surface area contributed by atoms with Crippen LogP contribution in [0.3, 0.4) is 0 Å². The molecule has 0 aliphatic carbocycles. The normalized spacial score (nSPS) is 18.6. The molecule has 118 valence electrons. The molecule has 2 heterocycles. The second-order valence-corrected chi connectivity index (χ2v) is 7.96. The molecular formula is C15H23FN2O2S. The van der Waals surface area contributed by atoms with Crippen LogP contribution in [0.5, 0.6) is 0 Å². The van der Waals surface area contributed by atoms with Crippen molar-refractivity contribution in [2.24, 2.45) is 0 Å². The van der Waals surface area contributed by atoms with E-state index < -0.39 is 11.3 Å². The molecule has 1 aliphatic heterocycles. The quantitative estimate of drug-likeness (QED) is 0.835. The molecule has 0 aromatic carbocycles. The van der Waals surface area contributed by atoms with Crippen LogP contribution in [0.2, 0.25) is 0 Å². The number of aryl methyl sites for hydroxylation is 1. The molecule has 1 aliphatic rings. The summed E-state index contributed by atoms with van der Waals surface area (Å²) in [6, 6.07) is 0. The van der Waals surface area contributed by atoms with Crippen molar-refractivity contribution in [2.45, 2.75) is 58.2 Å². The first kappa shape index (κ1) is 16.2. The van der Waals surface area contributed by atoms with Gasteiger partial charge < -0.3 is 9.64 Å². The highest BCUT2D eigenvalue weighted by Gasteiger charge is 2.37. The van der Waals surface area contributed by atoms with Crippen molar-refractivity contribution < 1.29 is 13.9 Å². The van der Waals surface area contributed by atoms with Crippen molar-refractivity contribution in [3.63, 3.8) is 0 Å². The molecule has 1 aromatic rings. The van der Waals surface area contributed by atoms with Crippen molar-refractivity contribution in [2.75, 3.05) is 13.1 Å². The van der Waals surface area contributed by atoms with Crippen LogP contribution in [0.15, 0.2) is 6.20 Å². The summed E-state index contributed by atoms with van der Waals surface area (Å²) in [7, 11) is 0. The summed E-state index contributed by atoms with van der Waals surface area (Å²) in [6.07, 6.45) is 2.49. The number of ether oxygens (including phenoxy) is 1. The predicted octanol–water partition coefficient (Wildman–Crippen LogP) is 3.73. The molecule has 1 fully saturated rings. The first-order valence-electron chi connectivity index (χ1n) is 7.25. The number of halogens is 1. The number of thiazole rings is 1. The molecule has 0 radical (unpaired) electrons. The fourth-order valence-corrected chi connectivity index (χ4v) is 3.31. The second kappa shape index (κ2) is 5.91. The van der Waals surface area contributed by atoms with Gasteiger partial charge in [-0.05, 0) is 40.5 Å². The monoisotopic (exact) mass is 314 g/mol. The number of hydrogen-bond donors (Lipinski definition) is 0. The van der Waals surface area contributed by atoms with Gasteiger partial charge in [-0.2, -0.15) is 0 Å². The Balaban J connectivity index is 1.88. The molecule has 1 amide bonds. The van der Waals surface area contributed by atoms with Gasteiger partial charge in [0, 0.05) is 30.6 Å². The lowest BCUT2D eigenvalue weighted by atomic mass is 9.90. The van der Waals surface area contributed by atoms with E-state index in [9.17, 15) is 9.18 Å². The maximum Gasteiger partial charge on any atom is 0.410 e. The third-order valence-electron chi connectivity index (χ3n) is 3.47. The molecule has 0 N–H and O–H groups in total. The molecule has 21 heavy (non-hydrogen) atoms. The molecule has 0 bridgehead atoms. The Bertz CT molecular complexity index is 502. The zero-order chi connectivity index (χ0) is 15.7. The summed E-state index contributed by atoms with van der Waals surface area (Å²) in [5.41, 5.74) is -1.75. The first-order valence-corrected chi connectivity index (χ1v) is 8.07. The Morgan fingerprint density at radius 1 is 1.48 bits per heavy atom. The van der Waals surface area contributed by atoms with E-state index in [0.29, 0.717) is 32.4 Å². The van der Waals surface area contributed by atoms with Gasteiger partial charge in [-0.3, -0.25) is 0 Å². The van der Waals surface area contributed by atoms with Crippen molar-refractivity contribution in [1.29, 1.82) is 0 Å². The van der Waals surface area contributed by atoms with E-state index in [4.69, 9.17) is 4.74 Å². The highest BCUT2D eigenvalue weighted by Crippen LogP contribution is 2.32. The lowest BCUT2D eigenvalue weighted by Crippen LogP contribution is -2.47. The number of carbonyl (C=O) groups is 1. The van der Waals surface area contributed by atoms with Crippen LogP contribution in [0, 0.1) is 6.92 Å². The van der Waals surface area contributed by atoms with E-state index in [1.54, 1.807) is 11.1 Å². The number of piperidine rings is 1. The SMILES string of the molecule is Cc1ncc(CC2(F)CCN(C(=O)OC(C)(C)C)CC2)s1. The van der Waals surface area contributed by atoms with Crippen molar-refractivity contribution >= 4 is 17.4 Å². The Morgan fingerprint density at radius 3 is 2.57 bits per heavy atom. The van der Waals surface area contributed by atoms with E-state index in [-0.39, 0.29) is 6.09 Å². The number of likely N-dealkylation sites (tertiary alicyclic amines) is 1. The number of amides is 1. The molecule has 2 rings (SSSR count). The molecule has 4 nitrogen and oxygen atoms in total. The zero-order valence-corrected chi connectivity index (χ0v) is 13.9. The number of rotatable bonds is 2. The minimum absolute atomic E-state index is 0.349. The van der Waals surface area contributed by atoms with Gasteiger partial charge in [0.15, 0.2) is 0 Å². The zero-order valence-electron chi connectivity index (χ0n) is 13.1. The Hall–Kier alpha value is -1.17. The molecule has 6 heteroatoms. The van der Waals surface area contributed by atoms with Crippen LogP contribution in [-0.4, -0.2) is 40.3 Å². The topological polar surface area (TPSA) is 42.4 Å². The van der Waals surface area contributed by atoms with E-state index in [0.717, 1.165) is 9.88 Å². The maximum atomic E-state index is 14.8. The van der Waals surface area contributed by atoms with Crippen molar-refractivity contribution in [3.05, 3.63) is 16.1 Å². The van der Waals surface area contributed by atoms with Crippen LogP contribution in [0.1, 0.15) is 43.5 Å². The smallest absolute Gasteiger partial charge is 0.410 e. The van der Waals surface area contributed by atoms with Crippen LogP contribution in [-0.2, 0) is 11.2 Å². The Morgan fingerprint density at radius 2 is 2.10 bits per heavy atom. The Labute approximate surface area is 129 Å². The van der Waals surface area contributed by atoms with Crippen molar-refractivity contribution in [3.8, 4) is 0 Å². The van der Waals surface area contributed by atoms with Crippen molar-refractivity contribution in [1.82, 2.24) is 9.88 Å². The van der Waals surface area contributed by atoms with Gasteiger partial charge in [0.1, 0.15) is 11.3 Å². The van der Waals surface area contributed by atoms with Crippen LogP contribution < -0.4 is 0 Å². The van der Waals surface area contributed by atoms with Crippen LogP contribution in [0.25, 0.3) is 0 Å². The van der Waals surface area contributed by atoms with E-state index in [1.165, 1.54) is 11.3 Å². The molecular weight excluding hydrogens is 291 g/mol. The molecule has 1 aromatic heterocycles. The van der Waals surface area contributed by atoms with Gasteiger partial charge >= 0.3 is 6.09 Å². The van der Waals surface area contributed by atoms with E-state index in [2.05, 4.69) is 4.98 Å². The van der Waals surface area contributed by atoms with Gasteiger partial charge in [0.2, 0.25) is 0 Å². The predicted molar refractivity (Wildman–Crippen MR) is 81.4 cm³/mol. The fraction of sp³-hybridized carbons (Fsp3) is 0.733. The summed E-state index contributed by atoms with van der Waals surface area (Å²) in [6.45, 7) is 8.23. The minimum atomic E-state index is -1.24. The third-order valence-corrected chi connectivity index (χ3v) is 4.38. The van der Waals surface area contributed by atoms with Crippen LogP contribution >= 0.6 is 11.3 Å². The average Bonchev–Trinajstić information content (AvgIpc) is 2.72. The standard InChI is InChI=1S/C15H23FN2O2S/c1-11-17-10-12(21-11)9-15(16)5-7-18(8-6-15)13(19)20-14(2,3)4/h10H,5-9H2,1-4H3. The highest BCUT2D eigenvalue weighted by molar-refractivity contribution is 7.11. The minimum Gasteiger partial charge on any atom is -0.444 e.